The summed E-state index contributed by atoms with van der Waals surface area (Å²) in [5.74, 6) is 0. The van der Waals surface area contributed by atoms with Gasteiger partial charge in [0.05, 0.1) is 27.5 Å². The van der Waals surface area contributed by atoms with Gasteiger partial charge in [-0.3, -0.25) is 0 Å². The maximum Gasteiger partial charge on any atom is 0.137 e. The number of anilines is 3. The first-order valence-electron chi connectivity index (χ1n) is 27.6. The first-order chi connectivity index (χ1) is 38.9. The number of fused-ring (bicyclic) bond motifs is 19. The van der Waals surface area contributed by atoms with Crippen molar-refractivity contribution in [2.45, 2.75) is 24.7 Å². The minimum absolute atomic E-state index is 0.206. The smallest absolute Gasteiger partial charge is 0.137 e. The third-order valence-electron chi connectivity index (χ3n) is 18.0. The van der Waals surface area contributed by atoms with Crippen LogP contribution >= 0.6 is 0 Å². The molecule has 3 nitrogen and oxygen atoms in total. The van der Waals surface area contributed by atoms with Gasteiger partial charge in [-0.2, -0.15) is 0 Å². The Labute approximate surface area is 458 Å². The molecule has 0 radical (unpaired) electrons. The summed E-state index contributed by atoms with van der Waals surface area (Å²) in [4.78, 5) is 2.52. The van der Waals surface area contributed by atoms with Crippen molar-refractivity contribution in [1.82, 2.24) is 4.57 Å². The molecule has 0 N–H and O–H groups in total. The molecule has 1 atom stereocenters. The van der Waals surface area contributed by atoms with Crippen LogP contribution in [0.3, 0.4) is 0 Å². The van der Waals surface area contributed by atoms with E-state index in [1.807, 2.05) is 0 Å². The summed E-state index contributed by atoms with van der Waals surface area (Å²) in [6, 6.07) is 99.4. The Kier molecular flexibility index (Phi) is 9.11. The summed E-state index contributed by atoms with van der Waals surface area (Å²) in [6.45, 7) is 4.76. The summed E-state index contributed by atoms with van der Waals surface area (Å²) in [5, 5.41) is 4.61. The van der Waals surface area contributed by atoms with Crippen LogP contribution in [0, 0.1) is 0 Å². The minimum Gasteiger partial charge on any atom is -0.456 e. The highest BCUT2D eigenvalue weighted by molar-refractivity contribution is 6.15. The van der Waals surface area contributed by atoms with Crippen LogP contribution in [-0.2, 0) is 10.8 Å². The first kappa shape index (κ1) is 44.2. The SMILES string of the molecule is CC1(C)c2ccccc2-c2ccc(N(c3ccc4c(c3)C3(c5ccccc5-c5ccc(-c6ccccc6)cc53)c3ccccc3-4)c3cccc4oc5ccc(-c6ccc7c(c6)c6ccccc6n7-c6ccccc6)cc5c34)cc21. The summed E-state index contributed by atoms with van der Waals surface area (Å²) >= 11 is 0. The van der Waals surface area contributed by atoms with Crippen molar-refractivity contribution < 1.29 is 4.42 Å². The molecular weight excluding hydrogens is 957 g/mol. The molecule has 3 heteroatoms. The van der Waals surface area contributed by atoms with Crippen molar-refractivity contribution in [1.29, 1.82) is 0 Å². The number of rotatable bonds is 6. The van der Waals surface area contributed by atoms with Gasteiger partial charge in [0.2, 0.25) is 0 Å². The third-order valence-corrected chi connectivity index (χ3v) is 18.0. The number of aromatic nitrogens is 1. The number of hydrogen-bond acceptors (Lipinski definition) is 2. The van der Waals surface area contributed by atoms with Gasteiger partial charge in [0.25, 0.3) is 0 Å². The van der Waals surface area contributed by atoms with Gasteiger partial charge in [-0.15, -0.1) is 0 Å². The lowest BCUT2D eigenvalue weighted by atomic mass is 9.70. The monoisotopic (exact) mass is 1010 g/mol. The predicted octanol–water partition coefficient (Wildman–Crippen LogP) is 20.1. The molecule has 1 unspecified atom stereocenters. The van der Waals surface area contributed by atoms with Crippen LogP contribution < -0.4 is 4.90 Å². The van der Waals surface area contributed by atoms with Crippen LogP contribution in [0.4, 0.5) is 17.1 Å². The van der Waals surface area contributed by atoms with E-state index in [-0.39, 0.29) is 5.41 Å². The molecule has 0 bridgehead atoms. The van der Waals surface area contributed by atoms with Gasteiger partial charge >= 0.3 is 0 Å². The molecule has 0 saturated carbocycles. The fraction of sp³-hybridized carbons (Fsp3) is 0.0526. The van der Waals surface area contributed by atoms with Crippen molar-refractivity contribution >= 4 is 60.8 Å². The third kappa shape index (κ3) is 6.07. The van der Waals surface area contributed by atoms with Crippen molar-refractivity contribution in [3.05, 3.63) is 300 Å². The minimum atomic E-state index is -0.566. The van der Waals surface area contributed by atoms with Gasteiger partial charge < -0.3 is 13.9 Å². The number of furan rings is 1. The molecule has 17 rings (SSSR count). The van der Waals surface area contributed by atoms with E-state index < -0.39 is 5.41 Å². The molecule has 79 heavy (non-hydrogen) atoms. The molecule has 0 fully saturated rings. The van der Waals surface area contributed by atoms with E-state index in [1.54, 1.807) is 0 Å². The molecule has 1 spiro atoms. The van der Waals surface area contributed by atoms with E-state index in [0.29, 0.717) is 0 Å². The Bertz CT molecular complexity index is 4870. The number of benzene rings is 12. The Hall–Kier alpha value is -9.96. The van der Waals surface area contributed by atoms with E-state index in [1.165, 1.54) is 99.7 Å². The molecular formula is C76H50N2O. The van der Waals surface area contributed by atoms with Gasteiger partial charge in [-0.25, -0.2) is 0 Å². The Morgan fingerprint density at radius 2 is 0.848 bits per heavy atom. The quantitative estimate of drug-likeness (QED) is 0.166. The second-order valence-corrected chi connectivity index (χ2v) is 22.3. The zero-order valence-corrected chi connectivity index (χ0v) is 43.7. The van der Waals surface area contributed by atoms with Gasteiger partial charge in [0.1, 0.15) is 11.2 Å². The highest BCUT2D eigenvalue weighted by Crippen LogP contribution is 2.64. The molecule has 2 aromatic heterocycles. The predicted molar refractivity (Wildman–Crippen MR) is 327 cm³/mol. The molecule has 0 amide bonds. The molecule has 14 aromatic rings. The number of para-hydroxylation sites is 2. The van der Waals surface area contributed by atoms with Gasteiger partial charge in [0, 0.05) is 38.6 Å². The van der Waals surface area contributed by atoms with Crippen LogP contribution in [0.1, 0.15) is 47.2 Å². The Morgan fingerprint density at radius 3 is 1.58 bits per heavy atom. The maximum atomic E-state index is 6.92. The summed E-state index contributed by atoms with van der Waals surface area (Å²) in [6.07, 6.45) is 0. The Balaban J connectivity index is 0.903. The van der Waals surface area contributed by atoms with Gasteiger partial charge in [-0.05, 0) is 174 Å². The van der Waals surface area contributed by atoms with Crippen LogP contribution in [0.15, 0.2) is 271 Å². The zero-order chi connectivity index (χ0) is 52.1. The lowest BCUT2D eigenvalue weighted by Crippen LogP contribution is -2.26. The fourth-order valence-corrected chi connectivity index (χ4v) is 14.5. The van der Waals surface area contributed by atoms with E-state index in [2.05, 4.69) is 290 Å². The van der Waals surface area contributed by atoms with Crippen LogP contribution in [0.2, 0.25) is 0 Å². The Morgan fingerprint density at radius 1 is 0.329 bits per heavy atom. The highest BCUT2D eigenvalue weighted by atomic mass is 16.3. The average Bonchev–Trinajstić information content (AvgIpc) is 2.83. The highest BCUT2D eigenvalue weighted by Gasteiger charge is 2.52. The molecule has 2 heterocycles. The van der Waals surface area contributed by atoms with E-state index in [9.17, 15) is 0 Å². The van der Waals surface area contributed by atoms with Crippen LogP contribution in [0.5, 0.6) is 0 Å². The molecule has 12 aromatic carbocycles. The molecule has 3 aliphatic rings. The summed E-state index contributed by atoms with van der Waals surface area (Å²) < 4.78 is 9.31. The number of hydrogen-bond donors (Lipinski definition) is 0. The largest absolute Gasteiger partial charge is 0.456 e. The van der Waals surface area contributed by atoms with Crippen LogP contribution in [0.25, 0.3) is 105 Å². The van der Waals surface area contributed by atoms with Crippen molar-refractivity contribution in [3.63, 3.8) is 0 Å². The van der Waals surface area contributed by atoms with Gasteiger partial charge in [-0.1, -0.05) is 196 Å². The topological polar surface area (TPSA) is 21.3 Å². The van der Waals surface area contributed by atoms with E-state index in [4.69, 9.17) is 4.42 Å². The molecule has 370 valence electrons. The fourth-order valence-electron chi connectivity index (χ4n) is 14.5. The van der Waals surface area contributed by atoms with Crippen molar-refractivity contribution in [2.75, 3.05) is 4.90 Å². The van der Waals surface area contributed by atoms with E-state index >= 15 is 0 Å². The first-order valence-corrected chi connectivity index (χ1v) is 27.6. The lowest BCUT2D eigenvalue weighted by molar-refractivity contribution is 0.660. The average molecular weight is 1010 g/mol. The van der Waals surface area contributed by atoms with Crippen LogP contribution in [-0.4, -0.2) is 4.57 Å². The molecule has 0 saturated heterocycles. The standard InChI is InChI=1S/C76H50N2O/c1-75(2)63-26-13-9-22-54(63)57-38-35-52(45-66(57)75)77(53-36-39-59-56-24-11-15-28-65(56)76(68(59)46-53)64-27-14-10-23-55(64)58-37-32-50(44-67(58)76)47-18-5-3-6-19-47)71-30-17-31-73-74(71)62-43-49(34-41-72(62)79-73)48-33-40-70-61(42-48)60-25-12-16-29-69(60)78(70)51-20-7-4-8-21-51/h3-46H,1-2H3. The summed E-state index contributed by atoms with van der Waals surface area (Å²) in [7, 11) is 0. The van der Waals surface area contributed by atoms with Gasteiger partial charge in [0.15, 0.2) is 0 Å². The van der Waals surface area contributed by atoms with Crippen molar-refractivity contribution in [2.24, 2.45) is 0 Å². The molecule has 3 aliphatic carbocycles. The second kappa shape index (κ2) is 16.3. The number of nitrogens with zero attached hydrogens (tertiary/aromatic N) is 2. The van der Waals surface area contributed by atoms with E-state index in [0.717, 1.165) is 55.8 Å². The summed E-state index contributed by atoms with van der Waals surface area (Å²) in [5.41, 5.74) is 28.1. The van der Waals surface area contributed by atoms with Crippen molar-refractivity contribution in [3.8, 4) is 61.3 Å². The second-order valence-electron chi connectivity index (χ2n) is 22.3. The molecule has 0 aliphatic heterocycles. The maximum absolute atomic E-state index is 6.92. The zero-order valence-electron chi connectivity index (χ0n) is 43.7. The normalized spacial score (nSPS) is 15.1. The lowest BCUT2D eigenvalue weighted by Gasteiger charge is -2.33.